The van der Waals surface area contributed by atoms with E-state index in [-0.39, 0.29) is 0 Å². The number of hydrogen-bond acceptors (Lipinski definition) is 2. The molecule has 0 radical (unpaired) electrons. The van der Waals surface area contributed by atoms with E-state index in [0.29, 0.717) is 12.0 Å². The van der Waals surface area contributed by atoms with Gasteiger partial charge in [0.1, 0.15) is 0 Å². The van der Waals surface area contributed by atoms with Crippen molar-refractivity contribution in [2.24, 2.45) is 5.92 Å². The van der Waals surface area contributed by atoms with Gasteiger partial charge in [-0.15, -0.1) is 0 Å². The predicted octanol–water partition coefficient (Wildman–Crippen LogP) is 2.81. The van der Waals surface area contributed by atoms with Crippen molar-refractivity contribution in [3.05, 3.63) is 22.8 Å². The molecule has 2 atom stereocenters. The van der Waals surface area contributed by atoms with Gasteiger partial charge in [-0.3, -0.25) is 0 Å². The molecule has 0 aromatic carbocycles. The van der Waals surface area contributed by atoms with Gasteiger partial charge < -0.3 is 10.7 Å². The molecule has 2 aliphatic carbocycles. The van der Waals surface area contributed by atoms with Gasteiger partial charge in [-0.2, -0.15) is 0 Å². The lowest BCUT2D eigenvalue weighted by Crippen LogP contribution is -2.33. The summed E-state index contributed by atoms with van der Waals surface area (Å²) >= 11 is 0. The topological polar surface area (TPSA) is 35.9 Å². The SMILES string of the molecule is CC(=N)C1=CCCC2=C1C1CCNC1CC2. The van der Waals surface area contributed by atoms with E-state index in [1.807, 2.05) is 6.92 Å². The molecule has 0 saturated carbocycles. The summed E-state index contributed by atoms with van der Waals surface area (Å²) in [4.78, 5) is 0. The monoisotopic (exact) mass is 216 g/mol. The molecular weight excluding hydrogens is 196 g/mol. The number of rotatable bonds is 1. The first kappa shape index (κ1) is 10.3. The summed E-state index contributed by atoms with van der Waals surface area (Å²) < 4.78 is 0. The van der Waals surface area contributed by atoms with Crippen LogP contribution in [0.15, 0.2) is 22.8 Å². The maximum atomic E-state index is 7.94. The number of nitrogens with one attached hydrogen (secondary N) is 2. The lowest BCUT2D eigenvalue weighted by atomic mass is 9.72. The molecular formula is C14H20N2. The quantitative estimate of drug-likeness (QED) is 0.650. The van der Waals surface area contributed by atoms with Crippen LogP contribution in [0, 0.1) is 11.3 Å². The summed E-state index contributed by atoms with van der Waals surface area (Å²) in [5.41, 5.74) is 5.24. The largest absolute Gasteiger partial charge is 0.313 e. The van der Waals surface area contributed by atoms with E-state index in [1.165, 1.54) is 31.3 Å². The highest BCUT2D eigenvalue weighted by molar-refractivity contribution is 6.00. The van der Waals surface area contributed by atoms with Crippen LogP contribution >= 0.6 is 0 Å². The lowest BCUT2D eigenvalue weighted by Gasteiger charge is -2.34. The van der Waals surface area contributed by atoms with E-state index >= 15 is 0 Å². The minimum absolute atomic E-state index is 0.694. The van der Waals surface area contributed by atoms with Crippen molar-refractivity contribution in [2.75, 3.05) is 6.54 Å². The first-order valence-electron chi connectivity index (χ1n) is 6.48. The average molecular weight is 216 g/mol. The minimum atomic E-state index is 0.694. The number of fused-ring (bicyclic) bond motifs is 2. The highest BCUT2D eigenvalue weighted by Crippen LogP contribution is 2.43. The Hall–Kier alpha value is -0.890. The highest BCUT2D eigenvalue weighted by atomic mass is 15.0. The standard InChI is InChI=1S/C14H20N2/c1-9(15)11-4-2-3-10-5-6-13-12(14(10)11)7-8-16-13/h4,12-13,15-16H,2-3,5-8H2,1H3. The Morgan fingerprint density at radius 1 is 1.38 bits per heavy atom. The Bertz CT molecular complexity index is 390. The Morgan fingerprint density at radius 2 is 2.25 bits per heavy atom. The molecule has 3 rings (SSSR count). The average Bonchev–Trinajstić information content (AvgIpc) is 2.76. The fourth-order valence-electron chi connectivity index (χ4n) is 3.65. The summed E-state index contributed by atoms with van der Waals surface area (Å²) in [6.45, 7) is 3.10. The van der Waals surface area contributed by atoms with Crippen molar-refractivity contribution in [3.8, 4) is 0 Å². The number of allylic oxidation sites excluding steroid dienone is 3. The van der Waals surface area contributed by atoms with Crippen LogP contribution in [0.3, 0.4) is 0 Å². The molecule has 2 nitrogen and oxygen atoms in total. The lowest BCUT2D eigenvalue weighted by molar-refractivity contribution is 0.438. The van der Waals surface area contributed by atoms with Gasteiger partial charge in [0.15, 0.2) is 0 Å². The maximum absolute atomic E-state index is 7.94. The van der Waals surface area contributed by atoms with Crippen molar-refractivity contribution in [2.45, 2.75) is 45.1 Å². The van der Waals surface area contributed by atoms with E-state index in [1.54, 1.807) is 11.1 Å². The summed E-state index contributed by atoms with van der Waals surface area (Å²) in [6.07, 6.45) is 8.53. The zero-order chi connectivity index (χ0) is 11.1. The molecule has 2 heteroatoms. The Kier molecular flexibility index (Phi) is 2.47. The van der Waals surface area contributed by atoms with Gasteiger partial charge in [0.05, 0.1) is 0 Å². The Labute approximate surface area is 97.3 Å². The normalized spacial score (nSPS) is 33.2. The van der Waals surface area contributed by atoms with Gasteiger partial charge >= 0.3 is 0 Å². The molecule has 0 spiro atoms. The van der Waals surface area contributed by atoms with Gasteiger partial charge in [-0.1, -0.05) is 11.6 Å². The molecule has 2 N–H and O–H groups in total. The second kappa shape index (κ2) is 3.85. The molecule has 1 heterocycles. The third-order valence-corrected chi connectivity index (χ3v) is 4.35. The molecule has 0 amide bonds. The summed E-state index contributed by atoms with van der Waals surface area (Å²) in [5.74, 6) is 0.704. The minimum Gasteiger partial charge on any atom is -0.313 e. The smallest absolute Gasteiger partial charge is 0.0354 e. The van der Waals surface area contributed by atoms with Gasteiger partial charge in [0, 0.05) is 17.7 Å². The van der Waals surface area contributed by atoms with Crippen molar-refractivity contribution >= 4 is 5.71 Å². The van der Waals surface area contributed by atoms with Crippen LogP contribution in [0.2, 0.25) is 0 Å². The Morgan fingerprint density at radius 3 is 3.06 bits per heavy atom. The van der Waals surface area contributed by atoms with Crippen LogP contribution in [0.4, 0.5) is 0 Å². The van der Waals surface area contributed by atoms with Crippen LogP contribution in [-0.2, 0) is 0 Å². The van der Waals surface area contributed by atoms with Gasteiger partial charge in [-0.25, -0.2) is 0 Å². The van der Waals surface area contributed by atoms with Crippen molar-refractivity contribution < 1.29 is 0 Å². The Balaban J connectivity index is 2.02. The van der Waals surface area contributed by atoms with Gasteiger partial charge in [0.2, 0.25) is 0 Å². The molecule has 1 fully saturated rings. The van der Waals surface area contributed by atoms with Crippen LogP contribution in [-0.4, -0.2) is 18.3 Å². The molecule has 2 unspecified atom stereocenters. The molecule has 0 aromatic heterocycles. The molecule has 0 aromatic rings. The predicted molar refractivity (Wildman–Crippen MR) is 66.9 cm³/mol. The highest BCUT2D eigenvalue weighted by Gasteiger charge is 2.37. The first-order valence-corrected chi connectivity index (χ1v) is 6.48. The van der Waals surface area contributed by atoms with E-state index in [0.717, 1.165) is 18.7 Å². The summed E-state index contributed by atoms with van der Waals surface area (Å²) in [5, 5.41) is 11.6. The zero-order valence-corrected chi connectivity index (χ0v) is 9.97. The van der Waals surface area contributed by atoms with Crippen LogP contribution in [0.1, 0.15) is 39.0 Å². The molecule has 0 bridgehead atoms. The van der Waals surface area contributed by atoms with Crippen molar-refractivity contribution in [1.29, 1.82) is 5.41 Å². The van der Waals surface area contributed by atoms with E-state index < -0.39 is 0 Å². The fraction of sp³-hybridized carbons (Fsp3) is 0.643. The third kappa shape index (κ3) is 1.47. The van der Waals surface area contributed by atoms with E-state index in [2.05, 4.69) is 11.4 Å². The van der Waals surface area contributed by atoms with Crippen LogP contribution < -0.4 is 5.32 Å². The molecule has 1 saturated heterocycles. The second-order valence-electron chi connectivity index (χ2n) is 5.29. The zero-order valence-electron chi connectivity index (χ0n) is 9.97. The van der Waals surface area contributed by atoms with Gasteiger partial charge in [0.25, 0.3) is 0 Å². The van der Waals surface area contributed by atoms with Crippen LogP contribution in [0.25, 0.3) is 0 Å². The number of hydrogen-bond donors (Lipinski definition) is 2. The summed E-state index contributed by atoms with van der Waals surface area (Å²) in [7, 11) is 0. The molecule has 16 heavy (non-hydrogen) atoms. The van der Waals surface area contributed by atoms with Crippen LogP contribution in [0.5, 0.6) is 0 Å². The van der Waals surface area contributed by atoms with E-state index in [9.17, 15) is 0 Å². The molecule has 3 aliphatic rings. The van der Waals surface area contributed by atoms with Crippen molar-refractivity contribution in [1.82, 2.24) is 5.32 Å². The first-order chi connectivity index (χ1) is 7.77. The maximum Gasteiger partial charge on any atom is 0.0354 e. The molecule has 1 aliphatic heterocycles. The fourth-order valence-corrected chi connectivity index (χ4v) is 3.65. The third-order valence-electron chi connectivity index (χ3n) is 4.35. The second-order valence-corrected chi connectivity index (χ2v) is 5.29. The summed E-state index contributed by atoms with van der Waals surface area (Å²) in [6, 6.07) is 0.694. The van der Waals surface area contributed by atoms with Gasteiger partial charge in [-0.05, 0) is 56.7 Å². The van der Waals surface area contributed by atoms with Crippen molar-refractivity contribution in [3.63, 3.8) is 0 Å². The molecule has 86 valence electrons. The van der Waals surface area contributed by atoms with E-state index in [4.69, 9.17) is 5.41 Å².